The van der Waals surface area contributed by atoms with E-state index in [1.54, 1.807) is 16.9 Å². The van der Waals surface area contributed by atoms with Gasteiger partial charge in [-0.3, -0.25) is 4.79 Å². The molecule has 2 heterocycles. The average molecular weight is 329 g/mol. The van der Waals surface area contributed by atoms with E-state index in [2.05, 4.69) is 21.7 Å². The van der Waals surface area contributed by atoms with Crippen molar-refractivity contribution in [3.8, 4) is 6.07 Å². The molecule has 1 saturated carbocycles. The van der Waals surface area contributed by atoms with Crippen molar-refractivity contribution in [3.63, 3.8) is 0 Å². The first kappa shape index (κ1) is 15.7. The molecular formula is C16H19N5OS. The Labute approximate surface area is 139 Å². The first-order chi connectivity index (χ1) is 10.9. The van der Waals surface area contributed by atoms with E-state index >= 15 is 0 Å². The summed E-state index contributed by atoms with van der Waals surface area (Å²) in [4.78, 5) is 12.4. The maximum Gasteiger partial charge on any atom is 0.252 e. The van der Waals surface area contributed by atoms with Crippen LogP contribution < -0.4 is 5.32 Å². The first-order valence-electron chi connectivity index (χ1n) is 7.53. The molecule has 3 rings (SSSR count). The number of nitrogens with one attached hydrogen (secondary N) is 1. The van der Waals surface area contributed by atoms with Crippen LogP contribution in [0.2, 0.25) is 0 Å². The van der Waals surface area contributed by atoms with Gasteiger partial charge in [-0.05, 0) is 29.7 Å². The summed E-state index contributed by atoms with van der Waals surface area (Å²) < 4.78 is 1.64. The van der Waals surface area contributed by atoms with Gasteiger partial charge in [0, 0.05) is 5.38 Å². The van der Waals surface area contributed by atoms with Crippen molar-refractivity contribution in [2.75, 3.05) is 0 Å². The van der Waals surface area contributed by atoms with Gasteiger partial charge in [0.25, 0.3) is 5.91 Å². The van der Waals surface area contributed by atoms with E-state index in [0.29, 0.717) is 11.3 Å². The highest BCUT2D eigenvalue weighted by molar-refractivity contribution is 7.08. The molecule has 0 aromatic carbocycles. The molecule has 7 heteroatoms. The van der Waals surface area contributed by atoms with Crippen molar-refractivity contribution in [3.05, 3.63) is 34.3 Å². The zero-order valence-corrected chi connectivity index (χ0v) is 14.2. The second-order valence-corrected chi connectivity index (χ2v) is 7.80. The third kappa shape index (κ3) is 2.99. The molecule has 0 saturated heterocycles. The van der Waals surface area contributed by atoms with Gasteiger partial charge in [0.2, 0.25) is 0 Å². The number of rotatable bonds is 4. The standard InChI is InChI=1S/C16H19N5OS/c1-15(2,3)13(18-14(22)11-4-7-23-9-11)12-8-21(20-19-12)16(10-17)5-6-16/h4,7-9,13H,5-6H2,1-3H3,(H,18,22). The molecule has 120 valence electrons. The van der Waals surface area contributed by atoms with Crippen molar-refractivity contribution in [2.45, 2.75) is 45.2 Å². The number of amides is 1. The molecule has 1 atom stereocenters. The Bertz CT molecular complexity index is 746. The first-order valence-corrected chi connectivity index (χ1v) is 8.47. The normalized spacial score (nSPS) is 17.3. The lowest BCUT2D eigenvalue weighted by Gasteiger charge is -2.29. The number of thiophene rings is 1. The molecule has 23 heavy (non-hydrogen) atoms. The fraction of sp³-hybridized carbons (Fsp3) is 0.500. The third-order valence-electron chi connectivity index (χ3n) is 4.10. The predicted molar refractivity (Wildman–Crippen MR) is 86.8 cm³/mol. The molecule has 6 nitrogen and oxygen atoms in total. The monoisotopic (exact) mass is 329 g/mol. The van der Waals surface area contributed by atoms with Crippen molar-refractivity contribution >= 4 is 17.2 Å². The summed E-state index contributed by atoms with van der Waals surface area (Å²) in [5.41, 5.74) is 0.566. The molecule has 1 fully saturated rings. The predicted octanol–water partition coefficient (Wildman–Crippen LogP) is 2.87. The average Bonchev–Trinajstić information content (AvgIpc) is 2.94. The van der Waals surface area contributed by atoms with Gasteiger partial charge in [0.1, 0.15) is 5.69 Å². The van der Waals surface area contributed by atoms with Crippen LogP contribution in [0.1, 0.15) is 55.7 Å². The summed E-state index contributed by atoms with van der Waals surface area (Å²) >= 11 is 1.49. The molecule has 2 aromatic rings. The number of carbonyl (C=O) groups is 1. The molecule has 1 N–H and O–H groups in total. The lowest BCUT2D eigenvalue weighted by molar-refractivity contribution is 0.0900. The quantitative estimate of drug-likeness (QED) is 0.935. The minimum absolute atomic E-state index is 0.123. The van der Waals surface area contributed by atoms with E-state index in [1.807, 2.05) is 31.5 Å². The van der Waals surface area contributed by atoms with Gasteiger partial charge in [0.15, 0.2) is 5.54 Å². The second kappa shape index (κ2) is 5.46. The van der Waals surface area contributed by atoms with E-state index in [-0.39, 0.29) is 17.4 Å². The van der Waals surface area contributed by atoms with Gasteiger partial charge in [-0.15, -0.1) is 5.10 Å². The summed E-state index contributed by atoms with van der Waals surface area (Å²) in [6.45, 7) is 6.13. The number of hydrogen-bond acceptors (Lipinski definition) is 5. The number of nitriles is 1. The minimum atomic E-state index is -0.537. The minimum Gasteiger partial charge on any atom is -0.343 e. The maximum atomic E-state index is 12.4. The van der Waals surface area contributed by atoms with Crippen LogP contribution in [0.3, 0.4) is 0 Å². The van der Waals surface area contributed by atoms with Crippen LogP contribution in [0.4, 0.5) is 0 Å². The van der Waals surface area contributed by atoms with Crippen molar-refractivity contribution in [1.29, 1.82) is 5.26 Å². The summed E-state index contributed by atoms with van der Waals surface area (Å²) in [7, 11) is 0. The van der Waals surface area contributed by atoms with E-state index in [9.17, 15) is 10.1 Å². The summed E-state index contributed by atoms with van der Waals surface area (Å²) in [6.07, 6.45) is 3.39. The summed E-state index contributed by atoms with van der Waals surface area (Å²) in [5.74, 6) is -0.123. The highest BCUT2D eigenvalue weighted by Gasteiger charge is 2.47. The Morgan fingerprint density at radius 3 is 2.78 bits per heavy atom. The largest absolute Gasteiger partial charge is 0.343 e. The van der Waals surface area contributed by atoms with E-state index in [4.69, 9.17) is 0 Å². The van der Waals surface area contributed by atoms with Gasteiger partial charge in [-0.1, -0.05) is 26.0 Å². The fourth-order valence-electron chi connectivity index (χ4n) is 2.47. The van der Waals surface area contributed by atoms with Gasteiger partial charge in [-0.25, -0.2) is 4.68 Å². The van der Waals surface area contributed by atoms with Crippen LogP contribution in [0.5, 0.6) is 0 Å². The molecule has 2 aromatic heterocycles. The molecule has 0 spiro atoms. The molecular weight excluding hydrogens is 310 g/mol. The zero-order valence-electron chi connectivity index (χ0n) is 13.4. The van der Waals surface area contributed by atoms with Crippen LogP contribution in [-0.2, 0) is 5.54 Å². The van der Waals surface area contributed by atoms with Gasteiger partial charge in [-0.2, -0.15) is 16.6 Å². The molecule has 0 aliphatic heterocycles. The van der Waals surface area contributed by atoms with Crippen LogP contribution in [0.15, 0.2) is 23.0 Å². The SMILES string of the molecule is CC(C)(C)C(NC(=O)c1ccsc1)c1cn(C2(C#N)CC2)nn1. The van der Waals surface area contributed by atoms with Crippen LogP contribution in [-0.4, -0.2) is 20.9 Å². The Morgan fingerprint density at radius 1 is 1.52 bits per heavy atom. The lowest BCUT2D eigenvalue weighted by Crippen LogP contribution is -2.36. The molecule has 1 aliphatic carbocycles. The fourth-order valence-corrected chi connectivity index (χ4v) is 3.11. The highest BCUT2D eigenvalue weighted by Crippen LogP contribution is 2.42. The lowest BCUT2D eigenvalue weighted by atomic mass is 9.85. The van der Waals surface area contributed by atoms with Crippen LogP contribution in [0.25, 0.3) is 0 Å². The number of carbonyl (C=O) groups excluding carboxylic acids is 1. The number of aromatic nitrogens is 3. The molecule has 0 radical (unpaired) electrons. The van der Waals surface area contributed by atoms with Crippen molar-refractivity contribution in [2.24, 2.45) is 5.41 Å². The molecule has 0 bridgehead atoms. The number of hydrogen-bond donors (Lipinski definition) is 1. The Kier molecular flexibility index (Phi) is 3.72. The smallest absolute Gasteiger partial charge is 0.252 e. The maximum absolute atomic E-state index is 12.4. The topological polar surface area (TPSA) is 83.6 Å². The summed E-state index contributed by atoms with van der Waals surface area (Å²) in [6, 6.07) is 3.81. The Balaban J connectivity index is 1.86. The van der Waals surface area contributed by atoms with E-state index in [1.165, 1.54) is 11.3 Å². The van der Waals surface area contributed by atoms with Crippen LogP contribution in [0, 0.1) is 16.7 Å². The van der Waals surface area contributed by atoms with E-state index < -0.39 is 5.54 Å². The van der Waals surface area contributed by atoms with Gasteiger partial charge in [0.05, 0.1) is 23.9 Å². The molecule has 1 aliphatic rings. The number of nitrogens with zero attached hydrogens (tertiary/aromatic N) is 4. The van der Waals surface area contributed by atoms with Crippen LogP contribution >= 0.6 is 11.3 Å². The zero-order chi connectivity index (χ0) is 16.7. The molecule has 1 amide bonds. The second-order valence-electron chi connectivity index (χ2n) is 7.02. The van der Waals surface area contributed by atoms with Crippen molar-refractivity contribution < 1.29 is 4.79 Å². The van der Waals surface area contributed by atoms with E-state index in [0.717, 1.165) is 12.8 Å². The highest BCUT2D eigenvalue weighted by atomic mass is 32.1. The Hall–Kier alpha value is -2.20. The van der Waals surface area contributed by atoms with Gasteiger partial charge >= 0.3 is 0 Å². The van der Waals surface area contributed by atoms with Gasteiger partial charge < -0.3 is 5.32 Å². The summed E-state index contributed by atoms with van der Waals surface area (Å²) in [5, 5.41) is 24.4. The Morgan fingerprint density at radius 2 is 2.26 bits per heavy atom. The molecule has 1 unspecified atom stereocenters. The third-order valence-corrected chi connectivity index (χ3v) is 4.79. The van der Waals surface area contributed by atoms with Crippen molar-refractivity contribution in [1.82, 2.24) is 20.3 Å².